The standard InChI is InChI=1S/C17H15F5O3S.C6H15N/c1-10-5-7-11(8-6-10)26(23,24)25-9-3-2-4-12-13(18)15(20)17(22)16(21)14(12)19;1-4-7(5-2)6-3/h5-8H,2-4,9H2,1H3;4-6H2,1-3H3. The van der Waals surface area contributed by atoms with Crippen LogP contribution >= 0.6 is 0 Å². The van der Waals surface area contributed by atoms with Gasteiger partial charge in [-0.1, -0.05) is 38.5 Å². The molecule has 0 unspecified atom stereocenters. The summed E-state index contributed by atoms with van der Waals surface area (Å²) >= 11 is 0. The average molecular weight is 496 g/mol. The summed E-state index contributed by atoms with van der Waals surface area (Å²) < 4.78 is 94.8. The van der Waals surface area contributed by atoms with E-state index in [2.05, 4.69) is 25.7 Å². The molecule has 0 saturated heterocycles. The van der Waals surface area contributed by atoms with Gasteiger partial charge in [-0.05, 0) is 58.0 Å². The van der Waals surface area contributed by atoms with Crippen molar-refractivity contribution < 1.29 is 34.6 Å². The second kappa shape index (κ2) is 13.6. The Morgan fingerprint density at radius 2 is 1.21 bits per heavy atom. The Morgan fingerprint density at radius 1 is 0.758 bits per heavy atom. The maximum Gasteiger partial charge on any atom is 0.296 e. The Hall–Kier alpha value is -2.04. The third-order valence-corrected chi connectivity index (χ3v) is 6.34. The molecule has 33 heavy (non-hydrogen) atoms. The van der Waals surface area contributed by atoms with E-state index in [0.29, 0.717) is 0 Å². The molecule has 0 amide bonds. The van der Waals surface area contributed by atoms with Crippen molar-refractivity contribution in [3.05, 3.63) is 64.5 Å². The number of halogens is 5. The average Bonchev–Trinajstić information content (AvgIpc) is 2.80. The lowest BCUT2D eigenvalue weighted by Gasteiger charge is -2.13. The first kappa shape index (κ1) is 29.0. The highest BCUT2D eigenvalue weighted by atomic mass is 32.2. The predicted octanol–water partition coefficient (Wildman–Crippen LogP) is 5.77. The van der Waals surface area contributed by atoms with Gasteiger partial charge in [0.2, 0.25) is 5.82 Å². The molecule has 0 aliphatic heterocycles. The third-order valence-electron chi connectivity index (χ3n) is 5.01. The quantitative estimate of drug-likeness (QED) is 0.138. The molecule has 0 heterocycles. The van der Waals surface area contributed by atoms with Gasteiger partial charge < -0.3 is 4.90 Å². The van der Waals surface area contributed by atoms with Gasteiger partial charge in [-0.2, -0.15) is 8.42 Å². The van der Waals surface area contributed by atoms with Gasteiger partial charge in [0, 0.05) is 5.56 Å². The van der Waals surface area contributed by atoms with E-state index in [4.69, 9.17) is 4.18 Å². The van der Waals surface area contributed by atoms with E-state index in [1.807, 2.05) is 0 Å². The molecule has 0 bridgehead atoms. The minimum Gasteiger partial charge on any atom is -0.304 e. The lowest BCUT2D eigenvalue weighted by Crippen LogP contribution is -2.21. The summed E-state index contributed by atoms with van der Waals surface area (Å²) in [5.41, 5.74) is -0.0606. The molecule has 0 radical (unpaired) electrons. The summed E-state index contributed by atoms with van der Waals surface area (Å²) in [5, 5.41) is 0. The van der Waals surface area contributed by atoms with Crippen molar-refractivity contribution in [1.29, 1.82) is 0 Å². The highest BCUT2D eigenvalue weighted by Gasteiger charge is 2.25. The van der Waals surface area contributed by atoms with Gasteiger partial charge in [-0.15, -0.1) is 0 Å². The predicted molar refractivity (Wildman–Crippen MR) is 117 cm³/mol. The van der Waals surface area contributed by atoms with Crippen LogP contribution < -0.4 is 0 Å². The fourth-order valence-electron chi connectivity index (χ4n) is 2.89. The van der Waals surface area contributed by atoms with E-state index >= 15 is 0 Å². The number of hydrogen-bond acceptors (Lipinski definition) is 4. The Bertz CT molecular complexity index is 960. The van der Waals surface area contributed by atoms with Crippen LogP contribution in [0.3, 0.4) is 0 Å². The minimum atomic E-state index is -3.98. The Labute approximate surface area is 192 Å². The maximum absolute atomic E-state index is 13.5. The summed E-state index contributed by atoms with van der Waals surface area (Å²) in [6.45, 7) is 11.6. The molecule has 4 nitrogen and oxygen atoms in total. The van der Waals surface area contributed by atoms with Crippen LogP contribution in [0.4, 0.5) is 22.0 Å². The van der Waals surface area contributed by atoms with Crippen molar-refractivity contribution in [2.75, 3.05) is 26.2 Å². The topological polar surface area (TPSA) is 46.6 Å². The molecule has 0 aromatic heterocycles. The van der Waals surface area contributed by atoms with E-state index in [1.165, 1.54) is 31.8 Å². The van der Waals surface area contributed by atoms with Gasteiger partial charge in [0.1, 0.15) is 0 Å². The monoisotopic (exact) mass is 495 g/mol. The van der Waals surface area contributed by atoms with E-state index < -0.39 is 51.2 Å². The molecule has 2 rings (SSSR count). The van der Waals surface area contributed by atoms with Crippen LogP contribution in [0.2, 0.25) is 0 Å². The zero-order valence-electron chi connectivity index (χ0n) is 19.2. The SMILES string of the molecule is CCN(CC)CC.Cc1ccc(S(=O)(=O)OCCCCc2c(F)c(F)c(F)c(F)c2F)cc1. The number of benzene rings is 2. The summed E-state index contributed by atoms with van der Waals surface area (Å²) in [7, 11) is -3.98. The van der Waals surface area contributed by atoms with Crippen molar-refractivity contribution in [2.45, 2.75) is 51.9 Å². The molecule has 0 spiro atoms. The molecule has 0 fully saturated rings. The molecule has 0 saturated carbocycles. The first-order valence-electron chi connectivity index (χ1n) is 10.7. The third kappa shape index (κ3) is 8.35. The number of aryl methyl sites for hydroxylation is 1. The number of rotatable bonds is 10. The summed E-state index contributed by atoms with van der Waals surface area (Å²) in [5.74, 6) is -9.98. The highest BCUT2D eigenvalue weighted by molar-refractivity contribution is 7.86. The molecule has 0 aliphatic rings. The van der Waals surface area contributed by atoms with Crippen molar-refractivity contribution in [2.24, 2.45) is 0 Å². The van der Waals surface area contributed by atoms with Gasteiger partial charge in [-0.25, -0.2) is 22.0 Å². The fraction of sp³-hybridized carbons (Fsp3) is 0.478. The fourth-order valence-corrected chi connectivity index (χ4v) is 3.83. The summed E-state index contributed by atoms with van der Waals surface area (Å²) in [4.78, 5) is 2.34. The van der Waals surface area contributed by atoms with Gasteiger partial charge in [0.25, 0.3) is 10.1 Å². The van der Waals surface area contributed by atoms with Crippen molar-refractivity contribution in [3.8, 4) is 0 Å². The van der Waals surface area contributed by atoms with Gasteiger partial charge >= 0.3 is 0 Å². The maximum atomic E-state index is 13.5. The van der Waals surface area contributed by atoms with Gasteiger partial charge in [0.15, 0.2) is 23.3 Å². The Balaban J connectivity index is 0.000000675. The largest absolute Gasteiger partial charge is 0.304 e. The molecule has 186 valence electrons. The lowest BCUT2D eigenvalue weighted by molar-refractivity contribution is 0.307. The number of hydrogen-bond donors (Lipinski definition) is 0. The molecule has 0 aliphatic carbocycles. The second-order valence-corrected chi connectivity index (χ2v) is 8.83. The van der Waals surface area contributed by atoms with Crippen LogP contribution in [0.1, 0.15) is 44.7 Å². The van der Waals surface area contributed by atoms with E-state index in [-0.39, 0.29) is 24.3 Å². The van der Waals surface area contributed by atoms with Crippen LogP contribution in [-0.4, -0.2) is 39.6 Å². The van der Waals surface area contributed by atoms with E-state index in [0.717, 1.165) is 5.56 Å². The zero-order valence-corrected chi connectivity index (χ0v) is 20.0. The first-order valence-corrected chi connectivity index (χ1v) is 12.1. The van der Waals surface area contributed by atoms with Gasteiger partial charge in [-0.3, -0.25) is 4.18 Å². The van der Waals surface area contributed by atoms with Crippen LogP contribution in [0.25, 0.3) is 0 Å². The number of nitrogens with zero attached hydrogens (tertiary/aromatic N) is 1. The lowest BCUT2D eigenvalue weighted by atomic mass is 10.1. The molecule has 0 N–H and O–H groups in total. The van der Waals surface area contributed by atoms with Crippen LogP contribution in [0, 0.1) is 36.0 Å². The minimum absolute atomic E-state index is 0.0260. The van der Waals surface area contributed by atoms with Crippen LogP contribution in [-0.2, 0) is 20.7 Å². The molecule has 2 aromatic carbocycles. The highest BCUT2D eigenvalue weighted by Crippen LogP contribution is 2.24. The molecular weight excluding hydrogens is 465 g/mol. The first-order chi connectivity index (χ1) is 15.5. The van der Waals surface area contributed by atoms with Crippen molar-refractivity contribution in [3.63, 3.8) is 0 Å². The molecule has 10 heteroatoms. The molecular formula is C23H30F5NO3S. The van der Waals surface area contributed by atoms with Crippen LogP contribution in [0.5, 0.6) is 0 Å². The Kier molecular flexibility index (Phi) is 12.0. The summed E-state index contributed by atoms with van der Waals surface area (Å²) in [6, 6.07) is 5.94. The number of unbranched alkanes of at least 4 members (excludes halogenated alkanes) is 1. The second-order valence-electron chi connectivity index (χ2n) is 7.21. The van der Waals surface area contributed by atoms with E-state index in [1.54, 1.807) is 19.1 Å². The summed E-state index contributed by atoms with van der Waals surface area (Å²) in [6.07, 6.45) is -0.425. The molecule has 0 atom stereocenters. The van der Waals surface area contributed by atoms with Crippen molar-refractivity contribution >= 4 is 10.1 Å². The molecule has 2 aromatic rings. The van der Waals surface area contributed by atoms with Gasteiger partial charge in [0.05, 0.1) is 11.5 Å². The Morgan fingerprint density at radius 3 is 1.64 bits per heavy atom. The van der Waals surface area contributed by atoms with Crippen molar-refractivity contribution in [1.82, 2.24) is 4.90 Å². The zero-order chi connectivity index (χ0) is 25.2. The van der Waals surface area contributed by atoms with E-state index in [9.17, 15) is 30.4 Å². The normalized spacial score (nSPS) is 11.5. The smallest absolute Gasteiger partial charge is 0.296 e. The van der Waals surface area contributed by atoms with Crippen LogP contribution in [0.15, 0.2) is 29.2 Å².